The quantitative estimate of drug-likeness (QED) is 0.470. The van der Waals surface area contributed by atoms with Crippen LogP contribution in [0.25, 0.3) is 0 Å². The molecule has 1 aliphatic heterocycles. The molecule has 1 aliphatic rings. The van der Waals surface area contributed by atoms with Gasteiger partial charge in [-0.3, -0.25) is 0 Å². The molecule has 3 N–H and O–H groups in total. The van der Waals surface area contributed by atoms with Crippen LogP contribution in [0.15, 0.2) is 30.3 Å². The van der Waals surface area contributed by atoms with Gasteiger partial charge in [0.15, 0.2) is 6.10 Å². The Kier molecular flexibility index (Phi) is 4.91. The maximum atomic E-state index is 10.4. The smallest absolute Gasteiger partial charge is 0.294 e. The van der Waals surface area contributed by atoms with Gasteiger partial charge in [0.25, 0.3) is 5.09 Å². The predicted octanol–water partition coefficient (Wildman–Crippen LogP) is -0.919. The summed E-state index contributed by atoms with van der Waals surface area (Å²) in [5.41, 5.74) is 0. The van der Waals surface area contributed by atoms with Crippen LogP contribution in [0.4, 0.5) is 0 Å². The fourth-order valence-electron chi connectivity index (χ4n) is 2.01. The minimum Gasteiger partial charge on any atom is -0.462 e. The van der Waals surface area contributed by atoms with Crippen molar-refractivity contribution in [3.63, 3.8) is 0 Å². The van der Waals surface area contributed by atoms with Gasteiger partial charge in [-0.1, -0.05) is 18.2 Å². The molecule has 9 heteroatoms. The lowest BCUT2D eigenvalue weighted by Gasteiger charge is -2.40. The van der Waals surface area contributed by atoms with Crippen molar-refractivity contribution in [2.75, 3.05) is 6.61 Å². The third-order valence-corrected chi connectivity index (χ3v) is 3.02. The van der Waals surface area contributed by atoms with Gasteiger partial charge in [-0.2, -0.15) is 0 Å². The fourth-order valence-corrected chi connectivity index (χ4v) is 2.01. The van der Waals surface area contributed by atoms with Crippen molar-refractivity contribution in [3.05, 3.63) is 40.4 Å². The number of rotatable bonds is 5. The molecular weight excluding hydrogens is 286 g/mol. The molecule has 1 saturated heterocycles. The molecule has 0 radical (unpaired) electrons. The van der Waals surface area contributed by atoms with Gasteiger partial charge in [0.05, 0.1) is 6.61 Å². The molecule has 0 unspecified atom stereocenters. The van der Waals surface area contributed by atoms with E-state index in [1.165, 1.54) is 0 Å². The van der Waals surface area contributed by atoms with Gasteiger partial charge >= 0.3 is 0 Å². The lowest BCUT2D eigenvalue weighted by molar-refractivity contribution is -0.774. The Hall–Kier alpha value is -1.94. The van der Waals surface area contributed by atoms with Crippen LogP contribution in [-0.2, 0) is 9.57 Å². The average molecular weight is 301 g/mol. The van der Waals surface area contributed by atoms with Crippen LogP contribution in [-0.4, -0.2) is 57.7 Å². The SMILES string of the molecule is O=[N+]([O-])O[C@H]1[C@H](O)[C@H](O)[C@@H](Oc2ccccc2)O[C@@H]1CO. The molecule has 0 saturated carbocycles. The van der Waals surface area contributed by atoms with Crippen molar-refractivity contribution in [3.8, 4) is 5.75 Å². The van der Waals surface area contributed by atoms with Gasteiger partial charge in [0.2, 0.25) is 6.29 Å². The number of hydrogen-bond acceptors (Lipinski definition) is 8. The number of aliphatic hydroxyl groups excluding tert-OH is 3. The minimum atomic E-state index is -1.64. The summed E-state index contributed by atoms with van der Waals surface area (Å²) in [7, 11) is 0. The van der Waals surface area contributed by atoms with E-state index >= 15 is 0 Å². The van der Waals surface area contributed by atoms with Crippen LogP contribution in [0.3, 0.4) is 0 Å². The average Bonchev–Trinajstić information content (AvgIpc) is 2.47. The summed E-state index contributed by atoms with van der Waals surface area (Å²) in [5, 5.41) is 38.2. The Balaban J connectivity index is 2.10. The highest BCUT2D eigenvalue weighted by Crippen LogP contribution is 2.25. The van der Waals surface area contributed by atoms with Crippen molar-refractivity contribution >= 4 is 0 Å². The van der Waals surface area contributed by atoms with Gasteiger partial charge in [-0.15, -0.1) is 10.1 Å². The summed E-state index contributed by atoms with van der Waals surface area (Å²) in [5.74, 6) is 0.374. The predicted molar refractivity (Wildman–Crippen MR) is 66.7 cm³/mol. The Morgan fingerprint density at radius 1 is 1.24 bits per heavy atom. The highest BCUT2D eigenvalue weighted by Gasteiger charge is 2.47. The molecule has 0 amide bonds. The van der Waals surface area contributed by atoms with E-state index in [1.54, 1.807) is 30.3 Å². The molecule has 0 spiro atoms. The standard InChI is InChI=1S/C12H15NO8/c14-6-8-11(21-13(17)18)9(15)10(16)12(20-8)19-7-4-2-1-3-5-7/h1-5,8-12,14-16H,6H2/t8-,9-,10+,11-,12+/m1/s1. The summed E-state index contributed by atoms with van der Waals surface area (Å²) in [6, 6.07) is 8.37. The first kappa shape index (κ1) is 15.4. The molecule has 5 atom stereocenters. The van der Waals surface area contributed by atoms with Gasteiger partial charge in [-0.05, 0) is 12.1 Å². The van der Waals surface area contributed by atoms with Crippen molar-refractivity contribution < 1.29 is 34.7 Å². The number of para-hydroxylation sites is 1. The van der Waals surface area contributed by atoms with E-state index in [0.717, 1.165) is 0 Å². The van der Waals surface area contributed by atoms with E-state index in [2.05, 4.69) is 4.84 Å². The minimum absolute atomic E-state index is 0.374. The van der Waals surface area contributed by atoms with E-state index in [1.807, 2.05) is 0 Å². The summed E-state index contributed by atoms with van der Waals surface area (Å²) in [6.07, 6.45) is -7.21. The zero-order valence-electron chi connectivity index (χ0n) is 10.8. The highest BCUT2D eigenvalue weighted by molar-refractivity contribution is 5.21. The van der Waals surface area contributed by atoms with Crippen molar-refractivity contribution in [2.45, 2.75) is 30.7 Å². The first-order chi connectivity index (χ1) is 10.0. The van der Waals surface area contributed by atoms with E-state index in [-0.39, 0.29) is 0 Å². The van der Waals surface area contributed by atoms with Crippen LogP contribution < -0.4 is 4.74 Å². The summed E-state index contributed by atoms with van der Waals surface area (Å²) < 4.78 is 10.6. The molecule has 0 bridgehead atoms. The maximum absolute atomic E-state index is 10.4. The molecule has 0 aromatic heterocycles. The number of nitrogens with zero attached hydrogens (tertiary/aromatic N) is 1. The molecule has 1 fully saturated rings. The number of benzene rings is 1. The highest BCUT2D eigenvalue weighted by atomic mass is 17.0. The first-order valence-electron chi connectivity index (χ1n) is 6.18. The molecule has 1 heterocycles. The van der Waals surface area contributed by atoms with E-state index < -0.39 is 42.4 Å². The molecule has 1 aromatic rings. The second-order valence-electron chi connectivity index (χ2n) is 4.43. The molecule has 1 aromatic carbocycles. The Labute approximate surface area is 119 Å². The van der Waals surface area contributed by atoms with Crippen LogP contribution >= 0.6 is 0 Å². The van der Waals surface area contributed by atoms with Gasteiger partial charge < -0.3 is 29.6 Å². The molecule has 9 nitrogen and oxygen atoms in total. The topological polar surface area (TPSA) is 132 Å². The zero-order chi connectivity index (χ0) is 15.4. The molecule has 0 aliphatic carbocycles. The van der Waals surface area contributed by atoms with Crippen LogP contribution in [0.5, 0.6) is 5.75 Å². The maximum Gasteiger partial charge on any atom is 0.294 e. The van der Waals surface area contributed by atoms with Crippen LogP contribution in [0.1, 0.15) is 0 Å². The third kappa shape index (κ3) is 3.58. The molecule has 2 rings (SSSR count). The largest absolute Gasteiger partial charge is 0.462 e. The van der Waals surface area contributed by atoms with Crippen molar-refractivity contribution in [1.29, 1.82) is 0 Å². The molecule has 21 heavy (non-hydrogen) atoms. The number of ether oxygens (including phenoxy) is 2. The summed E-state index contributed by atoms with van der Waals surface area (Å²) in [6.45, 7) is -0.642. The van der Waals surface area contributed by atoms with Crippen LogP contribution in [0.2, 0.25) is 0 Å². The van der Waals surface area contributed by atoms with Crippen LogP contribution in [0, 0.1) is 10.1 Å². The Morgan fingerprint density at radius 3 is 2.48 bits per heavy atom. The molecular formula is C12H15NO8. The second kappa shape index (κ2) is 6.68. The van der Waals surface area contributed by atoms with Gasteiger partial charge in [0, 0.05) is 0 Å². The number of hydrogen-bond donors (Lipinski definition) is 3. The fraction of sp³-hybridized carbons (Fsp3) is 0.500. The second-order valence-corrected chi connectivity index (χ2v) is 4.43. The summed E-state index contributed by atoms with van der Waals surface area (Å²) >= 11 is 0. The Bertz CT molecular complexity index is 468. The van der Waals surface area contributed by atoms with Gasteiger partial charge in [0.1, 0.15) is 24.1 Å². The zero-order valence-corrected chi connectivity index (χ0v) is 10.8. The lowest BCUT2D eigenvalue weighted by atomic mass is 9.99. The first-order valence-corrected chi connectivity index (χ1v) is 6.18. The van der Waals surface area contributed by atoms with Crippen molar-refractivity contribution in [1.82, 2.24) is 0 Å². The van der Waals surface area contributed by atoms with E-state index in [9.17, 15) is 25.4 Å². The normalized spacial score (nSPS) is 32.4. The molecule has 116 valence electrons. The Morgan fingerprint density at radius 2 is 1.90 bits per heavy atom. The van der Waals surface area contributed by atoms with Gasteiger partial charge in [-0.25, -0.2) is 0 Å². The number of aliphatic hydroxyl groups is 3. The monoisotopic (exact) mass is 301 g/mol. The summed E-state index contributed by atoms with van der Waals surface area (Å²) in [4.78, 5) is 14.6. The van der Waals surface area contributed by atoms with Crippen molar-refractivity contribution in [2.24, 2.45) is 0 Å². The lowest BCUT2D eigenvalue weighted by Crippen LogP contribution is -2.61. The van der Waals surface area contributed by atoms with E-state index in [4.69, 9.17) is 9.47 Å². The third-order valence-electron chi connectivity index (χ3n) is 3.02. The van der Waals surface area contributed by atoms with E-state index in [0.29, 0.717) is 5.75 Å².